The summed E-state index contributed by atoms with van der Waals surface area (Å²) in [5.41, 5.74) is -2.55. The summed E-state index contributed by atoms with van der Waals surface area (Å²) in [7, 11) is 0. The summed E-state index contributed by atoms with van der Waals surface area (Å²) in [4.78, 5) is 13.3. The monoisotopic (exact) mass is 472 g/mol. The van der Waals surface area contributed by atoms with Crippen LogP contribution in [-0.4, -0.2) is 57.4 Å². The molecule has 0 aromatic carbocycles. The Kier molecular flexibility index (Phi) is 4.20. The van der Waals surface area contributed by atoms with Gasteiger partial charge in [-0.15, -0.1) is 0 Å². The minimum absolute atomic E-state index is 0.0159. The first-order valence-electron chi connectivity index (χ1n) is 13.5. The second-order valence-electron chi connectivity index (χ2n) is 13.7. The van der Waals surface area contributed by atoms with Gasteiger partial charge in [0.25, 0.3) is 0 Å². The zero-order valence-electron chi connectivity index (χ0n) is 21.1. The van der Waals surface area contributed by atoms with E-state index >= 15 is 0 Å². The third-order valence-electron chi connectivity index (χ3n) is 12.7. The maximum absolute atomic E-state index is 13.3. The lowest BCUT2D eigenvalue weighted by Gasteiger charge is -2.60. The first-order valence-corrected chi connectivity index (χ1v) is 13.5. The Bertz CT molecular complexity index is 980. The van der Waals surface area contributed by atoms with E-state index in [9.17, 15) is 15.0 Å². The third-order valence-corrected chi connectivity index (χ3v) is 12.7. The van der Waals surface area contributed by atoms with E-state index in [1.165, 1.54) is 0 Å². The number of hydrogen-bond donors (Lipinski definition) is 2. The summed E-state index contributed by atoms with van der Waals surface area (Å²) in [5, 5.41) is 22.4. The summed E-state index contributed by atoms with van der Waals surface area (Å²) in [6.07, 6.45) is 8.17. The molecule has 0 spiro atoms. The number of ketones is 1. The average Bonchev–Trinajstić information content (AvgIpc) is 3.64. The van der Waals surface area contributed by atoms with Crippen molar-refractivity contribution in [3.8, 4) is 0 Å². The van der Waals surface area contributed by atoms with Crippen molar-refractivity contribution in [3.05, 3.63) is 12.2 Å². The van der Waals surface area contributed by atoms with E-state index in [0.29, 0.717) is 30.1 Å². The number of hydrogen-bond acceptors (Lipinski definition) is 6. The van der Waals surface area contributed by atoms with Crippen molar-refractivity contribution in [2.24, 2.45) is 40.4 Å². The lowest BCUT2D eigenvalue weighted by molar-refractivity contribution is -0.205. The Morgan fingerprint density at radius 1 is 1.09 bits per heavy atom. The number of fused-ring (bicyclic) bond motifs is 9. The summed E-state index contributed by atoms with van der Waals surface area (Å²) >= 11 is 0. The molecule has 0 unspecified atom stereocenters. The topological polar surface area (TPSA) is 91.8 Å². The van der Waals surface area contributed by atoms with Gasteiger partial charge in [0.1, 0.15) is 22.9 Å². The Morgan fingerprint density at radius 2 is 1.85 bits per heavy atom. The number of rotatable bonds is 2. The second-order valence-corrected chi connectivity index (χ2v) is 13.7. The van der Waals surface area contributed by atoms with Crippen LogP contribution in [0, 0.1) is 40.4 Å². The van der Waals surface area contributed by atoms with E-state index in [4.69, 9.17) is 14.2 Å². The van der Waals surface area contributed by atoms with Crippen LogP contribution in [0.2, 0.25) is 0 Å². The molecule has 6 nitrogen and oxygen atoms in total. The summed E-state index contributed by atoms with van der Waals surface area (Å²) in [6.45, 7) is 10.8. The van der Waals surface area contributed by atoms with Crippen LogP contribution in [0.4, 0.5) is 0 Å². The predicted octanol–water partition coefficient (Wildman–Crippen LogP) is 3.38. The number of aliphatic hydroxyl groups is 2. The molecule has 3 heterocycles. The highest BCUT2D eigenvalue weighted by molar-refractivity contribution is 5.97. The van der Waals surface area contributed by atoms with E-state index in [-0.39, 0.29) is 41.0 Å². The minimum atomic E-state index is -1.07. The van der Waals surface area contributed by atoms with E-state index in [1.54, 1.807) is 6.08 Å². The lowest BCUT2D eigenvalue weighted by Crippen LogP contribution is -2.67. The number of epoxide rings is 2. The van der Waals surface area contributed by atoms with Crippen LogP contribution in [-0.2, 0) is 19.0 Å². The highest BCUT2D eigenvalue weighted by Crippen LogP contribution is 2.72. The molecule has 7 rings (SSSR count). The van der Waals surface area contributed by atoms with Crippen molar-refractivity contribution in [2.75, 3.05) is 0 Å². The number of aliphatic hydroxyl groups excluding tert-OH is 1. The second kappa shape index (κ2) is 6.36. The molecule has 3 saturated heterocycles. The molecule has 0 amide bonds. The Morgan fingerprint density at radius 3 is 2.59 bits per heavy atom. The van der Waals surface area contributed by atoms with Crippen molar-refractivity contribution in [3.63, 3.8) is 0 Å². The van der Waals surface area contributed by atoms with Crippen molar-refractivity contribution in [1.82, 2.24) is 0 Å². The molecule has 0 radical (unpaired) electrons. The normalized spacial score (nSPS) is 64.3. The van der Waals surface area contributed by atoms with Crippen molar-refractivity contribution < 1.29 is 29.2 Å². The number of allylic oxidation sites excluding steroid dienone is 1. The van der Waals surface area contributed by atoms with Gasteiger partial charge in [-0.05, 0) is 94.0 Å². The molecular formula is C28H40O6. The van der Waals surface area contributed by atoms with Gasteiger partial charge in [0.05, 0.1) is 17.6 Å². The fourth-order valence-corrected chi connectivity index (χ4v) is 10.2. The standard InChI is InChI=1S/C28H40O6/c1-14(18-13-25(3)27(5,34-25)23(30)32-18)15-8-9-16-20-17(10-12-24(15,16)2)26(4)19(29)7-6-11-28(26,31)22-21(20)33-22/h6-7,14-18,20-23,30-31H,8-13H2,1-5H3/t14-,15+,16-,17+,18+,20-,21-,22-,23+,24+,25-,26-,27+,28-/m0/s1. The molecule has 0 aromatic rings. The van der Waals surface area contributed by atoms with Crippen molar-refractivity contribution in [2.45, 2.75) is 115 Å². The highest BCUT2D eigenvalue weighted by atomic mass is 16.7. The predicted molar refractivity (Wildman–Crippen MR) is 124 cm³/mol. The fraction of sp³-hybridized carbons (Fsp3) is 0.893. The average molecular weight is 473 g/mol. The molecular weight excluding hydrogens is 432 g/mol. The van der Waals surface area contributed by atoms with Gasteiger partial charge in [-0.25, -0.2) is 0 Å². The van der Waals surface area contributed by atoms with Gasteiger partial charge in [0.15, 0.2) is 12.1 Å². The van der Waals surface area contributed by atoms with Crippen molar-refractivity contribution in [1.29, 1.82) is 0 Å². The van der Waals surface area contributed by atoms with Crippen molar-refractivity contribution >= 4 is 5.78 Å². The largest absolute Gasteiger partial charge is 0.386 e. The minimum Gasteiger partial charge on any atom is -0.386 e. The SMILES string of the molecule is C[C@@H]([C@H]1CC[C@H]2[C@@H]3[C@@H]4O[C@@H]4[C@@]4(O)CC=CC(=O)[C@]4(C)[C@@H]3CC[C@]12C)[C@H]1C[C@]2(C)O[C@]2(C)[C@H](O)O1. The molecule has 4 aliphatic carbocycles. The van der Waals surface area contributed by atoms with Crippen LogP contribution in [0.1, 0.15) is 73.1 Å². The fourth-order valence-electron chi connectivity index (χ4n) is 10.2. The maximum atomic E-state index is 13.3. The first kappa shape index (κ1) is 22.4. The molecule has 188 valence electrons. The molecule has 0 bridgehead atoms. The summed E-state index contributed by atoms with van der Waals surface area (Å²) < 4.78 is 18.4. The Balaban J connectivity index is 1.18. The van der Waals surface area contributed by atoms with E-state index in [0.717, 1.165) is 32.1 Å². The van der Waals surface area contributed by atoms with Gasteiger partial charge >= 0.3 is 0 Å². The van der Waals surface area contributed by atoms with Crippen LogP contribution in [0.25, 0.3) is 0 Å². The van der Waals surface area contributed by atoms with Crippen LogP contribution < -0.4 is 0 Å². The first-order chi connectivity index (χ1) is 15.9. The zero-order valence-corrected chi connectivity index (χ0v) is 21.1. The van der Waals surface area contributed by atoms with Gasteiger partial charge in [0, 0.05) is 6.42 Å². The number of ether oxygens (including phenoxy) is 3. The molecule has 2 N–H and O–H groups in total. The van der Waals surface area contributed by atoms with Gasteiger partial charge in [-0.1, -0.05) is 19.9 Å². The molecule has 3 aliphatic heterocycles. The third kappa shape index (κ3) is 2.35. The Hall–Kier alpha value is -0.790. The molecule has 14 atom stereocenters. The van der Waals surface area contributed by atoms with E-state index < -0.39 is 22.9 Å². The van der Waals surface area contributed by atoms with Gasteiger partial charge in [-0.2, -0.15) is 0 Å². The van der Waals surface area contributed by atoms with E-state index in [2.05, 4.69) is 20.8 Å². The number of carbonyl (C=O) groups excluding carboxylic acids is 1. The molecule has 7 aliphatic rings. The van der Waals surface area contributed by atoms with Gasteiger partial charge in [-0.3, -0.25) is 4.79 Å². The maximum Gasteiger partial charge on any atom is 0.186 e. The highest BCUT2D eigenvalue weighted by Gasteiger charge is 2.78. The molecule has 3 saturated carbocycles. The zero-order chi connectivity index (χ0) is 24.1. The summed E-state index contributed by atoms with van der Waals surface area (Å²) in [5.74, 6) is 1.88. The van der Waals surface area contributed by atoms with Gasteiger partial charge in [0.2, 0.25) is 0 Å². The van der Waals surface area contributed by atoms with Crippen LogP contribution >= 0.6 is 0 Å². The lowest BCUT2D eigenvalue weighted by atomic mass is 9.43. The number of carbonyl (C=O) groups is 1. The molecule has 6 heteroatoms. The molecule has 34 heavy (non-hydrogen) atoms. The van der Waals surface area contributed by atoms with Crippen LogP contribution in [0.15, 0.2) is 12.2 Å². The quantitative estimate of drug-likeness (QED) is 0.599. The van der Waals surface area contributed by atoms with Crippen LogP contribution in [0.3, 0.4) is 0 Å². The summed E-state index contributed by atoms with van der Waals surface area (Å²) in [6, 6.07) is 0. The molecule has 0 aromatic heterocycles. The Labute approximate surface area is 202 Å². The van der Waals surface area contributed by atoms with Crippen LogP contribution in [0.5, 0.6) is 0 Å². The van der Waals surface area contributed by atoms with Gasteiger partial charge < -0.3 is 24.4 Å². The van der Waals surface area contributed by atoms with E-state index in [1.807, 2.05) is 19.9 Å². The molecule has 6 fully saturated rings. The smallest absolute Gasteiger partial charge is 0.186 e.